The van der Waals surface area contributed by atoms with Crippen molar-refractivity contribution in [3.8, 4) is 5.75 Å². The van der Waals surface area contributed by atoms with Crippen LogP contribution >= 0.6 is 15.9 Å². The first kappa shape index (κ1) is 23.6. The van der Waals surface area contributed by atoms with Crippen molar-refractivity contribution in [1.82, 2.24) is 19.7 Å². The Morgan fingerprint density at radius 3 is 2.77 bits per heavy atom. The lowest BCUT2D eigenvalue weighted by Gasteiger charge is -2.36. The molecule has 4 aromatic rings. The Hall–Kier alpha value is -3.10. The summed E-state index contributed by atoms with van der Waals surface area (Å²) in [6.45, 7) is 5.99. The molecule has 182 valence electrons. The molecule has 1 aliphatic heterocycles. The molecule has 0 saturated heterocycles. The number of fused-ring (bicyclic) bond motifs is 3. The van der Waals surface area contributed by atoms with Gasteiger partial charge in [0, 0.05) is 29.7 Å². The molecule has 1 N–H and O–H groups in total. The molecule has 3 heterocycles. The van der Waals surface area contributed by atoms with Gasteiger partial charge in [0.05, 0.1) is 36.5 Å². The molecule has 0 radical (unpaired) electrons. The van der Waals surface area contributed by atoms with Crippen molar-refractivity contribution in [2.45, 2.75) is 39.5 Å². The van der Waals surface area contributed by atoms with E-state index in [1.807, 2.05) is 61.2 Å². The number of amides is 1. The fourth-order valence-electron chi connectivity index (χ4n) is 4.88. The van der Waals surface area contributed by atoms with E-state index in [2.05, 4.69) is 32.1 Å². The minimum atomic E-state index is -0.249. The van der Waals surface area contributed by atoms with Gasteiger partial charge in [-0.3, -0.25) is 9.48 Å². The van der Waals surface area contributed by atoms with E-state index in [1.54, 1.807) is 11.8 Å². The van der Waals surface area contributed by atoms with E-state index in [1.165, 1.54) is 5.56 Å². The predicted molar refractivity (Wildman–Crippen MR) is 139 cm³/mol. The summed E-state index contributed by atoms with van der Waals surface area (Å²) < 4.78 is 14.2. The molecule has 1 unspecified atom stereocenters. The van der Waals surface area contributed by atoms with Crippen molar-refractivity contribution in [2.24, 2.45) is 0 Å². The first-order valence-corrected chi connectivity index (χ1v) is 12.6. The van der Waals surface area contributed by atoms with Gasteiger partial charge >= 0.3 is 0 Å². The third-order valence-electron chi connectivity index (χ3n) is 6.66. The zero-order valence-corrected chi connectivity index (χ0v) is 21.8. The van der Waals surface area contributed by atoms with E-state index in [4.69, 9.17) is 9.47 Å². The quantitative estimate of drug-likeness (QED) is 0.342. The van der Waals surface area contributed by atoms with Gasteiger partial charge in [0.25, 0.3) is 5.91 Å². The highest BCUT2D eigenvalue weighted by Crippen LogP contribution is 2.37. The van der Waals surface area contributed by atoms with E-state index in [0.717, 1.165) is 44.5 Å². The third-order valence-corrected chi connectivity index (χ3v) is 7.61. The van der Waals surface area contributed by atoms with Crippen molar-refractivity contribution in [2.75, 3.05) is 20.3 Å². The number of carbonyl (C=O) groups is 1. The second-order valence-electron chi connectivity index (χ2n) is 8.76. The molecule has 2 aromatic carbocycles. The molecule has 35 heavy (non-hydrogen) atoms. The summed E-state index contributed by atoms with van der Waals surface area (Å²) in [6, 6.07) is 15.9. The SMILES string of the molecule is CCn1nc(C)c(Br)c1C(=O)N1CCc2c([nH]c3ccc(OC)cc23)C1COCc1ccccc1. The Bertz CT molecular complexity index is 1360. The molecule has 0 fully saturated rings. The van der Waals surface area contributed by atoms with E-state index in [0.29, 0.717) is 32.0 Å². The first-order chi connectivity index (χ1) is 17.0. The summed E-state index contributed by atoms with van der Waals surface area (Å²) in [5.41, 5.74) is 5.77. The molecule has 5 rings (SSSR count). The number of aryl methyl sites for hydroxylation is 2. The largest absolute Gasteiger partial charge is 0.497 e. The van der Waals surface area contributed by atoms with Crippen molar-refractivity contribution in [3.05, 3.63) is 81.2 Å². The highest BCUT2D eigenvalue weighted by atomic mass is 79.9. The molecule has 2 aromatic heterocycles. The van der Waals surface area contributed by atoms with Crippen molar-refractivity contribution in [1.29, 1.82) is 0 Å². The number of H-pyrrole nitrogens is 1. The standard InChI is InChI=1S/C27H29BrN4O3/c1-4-32-26(24(28)17(2)30-32)27(33)31-13-12-20-21-14-19(34-3)10-11-22(21)29-25(20)23(31)16-35-15-18-8-6-5-7-9-18/h5-11,14,23,29H,4,12-13,15-16H2,1-3H3. The number of hydrogen-bond donors (Lipinski definition) is 1. The second kappa shape index (κ2) is 9.87. The first-order valence-electron chi connectivity index (χ1n) is 11.9. The maximum Gasteiger partial charge on any atom is 0.273 e. The number of halogens is 1. The topological polar surface area (TPSA) is 72.4 Å². The van der Waals surface area contributed by atoms with Gasteiger partial charge in [-0.1, -0.05) is 30.3 Å². The third kappa shape index (κ3) is 4.36. The van der Waals surface area contributed by atoms with E-state index < -0.39 is 0 Å². The van der Waals surface area contributed by atoms with E-state index in [9.17, 15) is 4.79 Å². The van der Waals surface area contributed by atoms with Crippen LogP contribution in [0.25, 0.3) is 10.9 Å². The summed E-state index contributed by atoms with van der Waals surface area (Å²) in [5, 5.41) is 5.67. The number of benzene rings is 2. The van der Waals surface area contributed by atoms with Crippen LogP contribution in [-0.4, -0.2) is 45.8 Å². The number of aromatic amines is 1. The molecule has 8 heteroatoms. The molecule has 1 atom stereocenters. The molecule has 0 bridgehead atoms. The van der Waals surface area contributed by atoms with Crippen LogP contribution in [0.4, 0.5) is 0 Å². The number of hydrogen-bond acceptors (Lipinski definition) is 4. The summed E-state index contributed by atoms with van der Waals surface area (Å²) in [4.78, 5) is 19.4. The van der Waals surface area contributed by atoms with Gasteiger partial charge in [0.2, 0.25) is 0 Å². The molecule has 7 nitrogen and oxygen atoms in total. The van der Waals surface area contributed by atoms with Crippen LogP contribution in [0.1, 0.15) is 46.0 Å². The fraction of sp³-hybridized carbons (Fsp3) is 0.333. The average Bonchev–Trinajstić information content (AvgIpc) is 3.40. The van der Waals surface area contributed by atoms with E-state index >= 15 is 0 Å². The highest BCUT2D eigenvalue weighted by molar-refractivity contribution is 9.10. The summed E-state index contributed by atoms with van der Waals surface area (Å²) in [6.07, 6.45) is 0.750. The zero-order valence-electron chi connectivity index (χ0n) is 20.2. The lowest BCUT2D eigenvalue weighted by Crippen LogP contribution is -2.43. The van der Waals surface area contributed by atoms with Gasteiger partial charge in [-0.05, 0) is 65.5 Å². The van der Waals surface area contributed by atoms with Gasteiger partial charge in [-0.2, -0.15) is 5.10 Å². The van der Waals surface area contributed by atoms with Crippen LogP contribution in [0.5, 0.6) is 5.75 Å². The average molecular weight is 537 g/mol. The van der Waals surface area contributed by atoms with Crippen LogP contribution in [0, 0.1) is 6.92 Å². The Morgan fingerprint density at radius 2 is 2.03 bits per heavy atom. The molecule has 1 amide bonds. The van der Waals surface area contributed by atoms with Crippen LogP contribution in [0.2, 0.25) is 0 Å². The molecule has 0 saturated carbocycles. The van der Waals surface area contributed by atoms with Gasteiger partial charge in [0.15, 0.2) is 0 Å². The van der Waals surface area contributed by atoms with Crippen LogP contribution in [0.15, 0.2) is 53.0 Å². The maximum absolute atomic E-state index is 13.9. The molecule has 0 spiro atoms. The molecular formula is C27H29BrN4O3. The monoisotopic (exact) mass is 536 g/mol. The number of ether oxygens (including phenoxy) is 2. The summed E-state index contributed by atoms with van der Waals surface area (Å²) in [5.74, 6) is 0.774. The van der Waals surface area contributed by atoms with Gasteiger partial charge in [0.1, 0.15) is 11.4 Å². The smallest absolute Gasteiger partial charge is 0.273 e. The van der Waals surface area contributed by atoms with Gasteiger partial charge < -0.3 is 19.4 Å². The van der Waals surface area contributed by atoms with Crippen molar-refractivity contribution in [3.63, 3.8) is 0 Å². The van der Waals surface area contributed by atoms with Gasteiger partial charge in [-0.15, -0.1) is 0 Å². The Kier molecular flexibility index (Phi) is 6.67. The van der Waals surface area contributed by atoms with Crippen LogP contribution in [-0.2, 0) is 24.3 Å². The predicted octanol–water partition coefficient (Wildman–Crippen LogP) is 5.42. The number of methoxy groups -OCH3 is 1. The lowest BCUT2D eigenvalue weighted by atomic mass is 9.97. The zero-order chi connectivity index (χ0) is 24.5. The second-order valence-corrected chi connectivity index (χ2v) is 9.55. The van der Waals surface area contributed by atoms with Crippen LogP contribution < -0.4 is 4.74 Å². The Balaban J connectivity index is 1.52. The van der Waals surface area contributed by atoms with Gasteiger partial charge in [-0.25, -0.2) is 0 Å². The number of nitrogens with one attached hydrogen (secondary N) is 1. The number of rotatable bonds is 7. The molecular weight excluding hydrogens is 508 g/mol. The van der Waals surface area contributed by atoms with E-state index in [-0.39, 0.29) is 11.9 Å². The van der Waals surface area contributed by atoms with Crippen molar-refractivity contribution < 1.29 is 14.3 Å². The molecule has 0 aliphatic carbocycles. The summed E-state index contributed by atoms with van der Waals surface area (Å²) >= 11 is 3.60. The Labute approximate surface area is 213 Å². The summed E-state index contributed by atoms with van der Waals surface area (Å²) in [7, 11) is 1.68. The number of carbonyl (C=O) groups excluding carboxylic acids is 1. The molecule has 1 aliphatic rings. The maximum atomic E-state index is 13.9. The van der Waals surface area contributed by atoms with Crippen molar-refractivity contribution >= 4 is 32.7 Å². The number of nitrogens with zero attached hydrogens (tertiary/aromatic N) is 3. The highest BCUT2D eigenvalue weighted by Gasteiger charge is 2.36. The minimum Gasteiger partial charge on any atom is -0.497 e. The fourth-order valence-corrected chi connectivity index (χ4v) is 5.33. The number of aromatic nitrogens is 3. The van der Waals surface area contributed by atoms with Crippen LogP contribution in [0.3, 0.4) is 0 Å². The normalized spacial score (nSPS) is 15.4. The minimum absolute atomic E-state index is 0.0467. The lowest BCUT2D eigenvalue weighted by molar-refractivity contribution is 0.0330. The Morgan fingerprint density at radius 1 is 1.23 bits per heavy atom.